The van der Waals surface area contributed by atoms with E-state index in [2.05, 4.69) is 10.3 Å². The van der Waals surface area contributed by atoms with E-state index in [9.17, 15) is 9.90 Å². The summed E-state index contributed by atoms with van der Waals surface area (Å²) in [5.74, 6) is 0.728. The maximum absolute atomic E-state index is 12.3. The Hall–Kier alpha value is -2.12. The Morgan fingerprint density at radius 3 is 2.87 bits per heavy atom. The first-order chi connectivity index (χ1) is 11.1. The summed E-state index contributed by atoms with van der Waals surface area (Å²) in [7, 11) is 1.60. The number of hydrogen-bond acceptors (Lipinski definition) is 4. The molecule has 1 heterocycles. The number of hydrogen-bond donors (Lipinski definition) is 3. The van der Waals surface area contributed by atoms with E-state index >= 15 is 0 Å². The fourth-order valence-electron chi connectivity index (χ4n) is 2.32. The number of ether oxygens (including phenoxy) is 1. The number of H-pyrrole nitrogens is 1. The van der Waals surface area contributed by atoms with E-state index in [4.69, 9.17) is 17.0 Å². The maximum Gasteiger partial charge on any atom is 0.253 e. The Morgan fingerprint density at radius 1 is 1.43 bits per heavy atom. The summed E-state index contributed by atoms with van der Waals surface area (Å²) in [6, 6.07) is 7.31. The van der Waals surface area contributed by atoms with E-state index in [0.717, 1.165) is 16.7 Å². The number of aromatic nitrogens is 1. The molecule has 3 N–H and O–H groups in total. The van der Waals surface area contributed by atoms with Crippen LogP contribution in [0.3, 0.4) is 0 Å². The quantitative estimate of drug-likeness (QED) is 0.689. The van der Waals surface area contributed by atoms with Gasteiger partial charge in [-0.1, -0.05) is 0 Å². The predicted molar refractivity (Wildman–Crippen MR) is 94.9 cm³/mol. The van der Waals surface area contributed by atoms with Crippen molar-refractivity contribution >= 4 is 28.2 Å². The molecule has 7 heteroatoms. The van der Waals surface area contributed by atoms with Crippen LogP contribution in [0.15, 0.2) is 29.1 Å². The highest BCUT2D eigenvalue weighted by atomic mass is 32.1. The van der Waals surface area contributed by atoms with Gasteiger partial charge in [0.05, 0.1) is 20.3 Å². The van der Waals surface area contributed by atoms with Gasteiger partial charge in [-0.15, -0.1) is 0 Å². The second-order valence-corrected chi connectivity index (χ2v) is 5.44. The molecule has 6 nitrogen and oxygen atoms in total. The van der Waals surface area contributed by atoms with E-state index in [-0.39, 0.29) is 12.2 Å². The zero-order chi connectivity index (χ0) is 16.8. The highest BCUT2D eigenvalue weighted by Crippen LogP contribution is 2.19. The molecular weight excluding hydrogens is 314 g/mol. The Labute approximate surface area is 140 Å². The Kier molecular flexibility index (Phi) is 5.95. The van der Waals surface area contributed by atoms with Crippen LogP contribution in [0, 0.1) is 0 Å². The molecule has 0 atom stereocenters. The number of nitrogens with zero attached hydrogens (tertiary/aromatic N) is 1. The zero-order valence-corrected chi connectivity index (χ0v) is 14.1. The lowest BCUT2D eigenvalue weighted by molar-refractivity contribution is 0.245. The Balaban J connectivity index is 2.34. The van der Waals surface area contributed by atoms with Crippen molar-refractivity contribution in [3.8, 4) is 5.75 Å². The van der Waals surface area contributed by atoms with Crippen LogP contribution in [-0.4, -0.2) is 46.9 Å². The SMILES string of the molecule is CCNC(=S)N(CCO)Cc1cc2cc(OC)ccc2[nH]c1=O. The summed E-state index contributed by atoms with van der Waals surface area (Å²) in [5.41, 5.74) is 1.17. The average Bonchev–Trinajstić information content (AvgIpc) is 2.54. The number of nitrogens with one attached hydrogen (secondary N) is 2. The zero-order valence-electron chi connectivity index (χ0n) is 13.3. The minimum atomic E-state index is -0.162. The van der Waals surface area contributed by atoms with Gasteiger partial charge in [-0.25, -0.2) is 0 Å². The van der Waals surface area contributed by atoms with E-state index in [1.165, 1.54) is 0 Å². The van der Waals surface area contributed by atoms with Gasteiger partial charge in [0.15, 0.2) is 5.11 Å². The number of thiocarbonyl (C=S) groups is 1. The van der Waals surface area contributed by atoms with Crippen LogP contribution in [-0.2, 0) is 6.54 Å². The molecule has 0 saturated carbocycles. The van der Waals surface area contributed by atoms with Crippen molar-refractivity contribution in [2.75, 3.05) is 26.8 Å². The molecule has 1 aromatic heterocycles. The molecule has 124 valence electrons. The minimum absolute atomic E-state index is 0.0369. The van der Waals surface area contributed by atoms with Gasteiger partial charge in [-0.2, -0.15) is 0 Å². The van der Waals surface area contributed by atoms with Crippen LogP contribution < -0.4 is 15.6 Å². The fraction of sp³-hybridized carbons (Fsp3) is 0.375. The van der Waals surface area contributed by atoms with Crippen molar-refractivity contribution in [3.05, 3.63) is 40.2 Å². The van der Waals surface area contributed by atoms with Crippen molar-refractivity contribution in [1.29, 1.82) is 0 Å². The molecule has 2 rings (SSSR count). The van der Waals surface area contributed by atoms with Gasteiger partial charge in [-0.3, -0.25) is 4.79 Å². The largest absolute Gasteiger partial charge is 0.497 e. The predicted octanol–water partition coefficient (Wildman–Crippen LogP) is 1.23. The molecule has 0 bridgehead atoms. The molecular formula is C16H21N3O3S. The van der Waals surface area contributed by atoms with Crippen molar-refractivity contribution in [1.82, 2.24) is 15.2 Å². The summed E-state index contributed by atoms with van der Waals surface area (Å²) < 4.78 is 5.22. The molecule has 0 aliphatic heterocycles. The van der Waals surface area contributed by atoms with Crippen LogP contribution in [0.2, 0.25) is 0 Å². The molecule has 0 amide bonds. The summed E-state index contributed by atoms with van der Waals surface area (Å²) in [5, 5.41) is 13.7. The number of aliphatic hydroxyl groups is 1. The second-order valence-electron chi connectivity index (χ2n) is 5.06. The smallest absolute Gasteiger partial charge is 0.253 e. The molecule has 2 aromatic rings. The molecule has 0 unspecified atom stereocenters. The number of methoxy groups -OCH3 is 1. The van der Waals surface area contributed by atoms with Gasteiger partial charge in [0.2, 0.25) is 0 Å². The topological polar surface area (TPSA) is 77.6 Å². The van der Waals surface area contributed by atoms with Crippen molar-refractivity contribution in [3.63, 3.8) is 0 Å². The Bertz CT molecular complexity index is 745. The number of aromatic amines is 1. The van der Waals surface area contributed by atoms with Crippen molar-refractivity contribution < 1.29 is 9.84 Å². The number of rotatable bonds is 6. The third-order valence-corrected chi connectivity index (χ3v) is 3.88. The van der Waals surface area contributed by atoms with E-state index in [1.54, 1.807) is 18.1 Å². The first-order valence-corrected chi connectivity index (χ1v) is 7.83. The summed E-state index contributed by atoms with van der Waals surface area (Å²) >= 11 is 5.29. The van der Waals surface area contributed by atoms with Crippen LogP contribution in [0.25, 0.3) is 10.9 Å². The molecule has 0 saturated heterocycles. The maximum atomic E-state index is 12.3. The molecule has 0 aliphatic rings. The van der Waals surface area contributed by atoms with Gasteiger partial charge in [0.25, 0.3) is 5.56 Å². The molecule has 23 heavy (non-hydrogen) atoms. The lowest BCUT2D eigenvalue weighted by atomic mass is 10.1. The molecule has 0 spiro atoms. The van der Waals surface area contributed by atoms with Gasteiger partial charge in [0, 0.05) is 29.6 Å². The van der Waals surface area contributed by atoms with Crippen LogP contribution in [0.5, 0.6) is 5.75 Å². The van der Waals surface area contributed by atoms with Crippen LogP contribution in [0.4, 0.5) is 0 Å². The van der Waals surface area contributed by atoms with Crippen LogP contribution in [0.1, 0.15) is 12.5 Å². The monoisotopic (exact) mass is 335 g/mol. The average molecular weight is 335 g/mol. The first-order valence-electron chi connectivity index (χ1n) is 7.42. The number of fused-ring (bicyclic) bond motifs is 1. The van der Waals surface area contributed by atoms with E-state index in [0.29, 0.717) is 30.3 Å². The summed E-state index contributed by atoms with van der Waals surface area (Å²) in [6.45, 7) is 3.28. The van der Waals surface area contributed by atoms with Gasteiger partial charge in [0.1, 0.15) is 5.75 Å². The lowest BCUT2D eigenvalue weighted by Gasteiger charge is -2.24. The molecule has 0 aliphatic carbocycles. The normalized spacial score (nSPS) is 10.6. The number of aliphatic hydroxyl groups excluding tert-OH is 1. The van der Waals surface area contributed by atoms with E-state index < -0.39 is 0 Å². The number of pyridine rings is 1. The molecule has 0 fully saturated rings. The van der Waals surface area contributed by atoms with Crippen LogP contribution >= 0.6 is 12.2 Å². The van der Waals surface area contributed by atoms with Crippen molar-refractivity contribution in [2.24, 2.45) is 0 Å². The summed E-state index contributed by atoms with van der Waals surface area (Å²) in [6.07, 6.45) is 0. The minimum Gasteiger partial charge on any atom is -0.497 e. The highest BCUT2D eigenvalue weighted by Gasteiger charge is 2.12. The third kappa shape index (κ3) is 4.20. The highest BCUT2D eigenvalue weighted by molar-refractivity contribution is 7.80. The lowest BCUT2D eigenvalue weighted by Crippen LogP contribution is -2.41. The Morgan fingerprint density at radius 2 is 2.22 bits per heavy atom. The third-order valence-electron chi connectivity index (χ3n) is 3.47. The molecule has 0 radical (unpaired) electrons. The standard InChI is InChI=1S/C16H21N3O3S/c1-3-17-16(23)19(6-7-20)10-12-8-11-9-13(22-2)4-5-14(11)18-15(12)21/h4-5,8-9,20H,3,6-7,10H2,1-2H3,(H,17,23)(H,18,21). The van der Waals surface area contributed by atoms with Gasteiger partial charge in [-0.05, 0) is 43.4 Å². The number of benzene rings is 1. The molecule has 1 aromatic carbocycles. The van der Waals surface area contributed by atoms with Gasteiger partial charge >= 0.3 is 0 Å². The van der Waals surface area contributed by atoms with Gasteiger partial charge < -0.3 is 25.0 Å². The summed E-state index contributed by atoms with van der Waals surface area (Å²) in [4.78, 5) is 16.9. The fourth-order valence-corrected chi connectivity index (χ4v) is 2.62. The second kappa shape index (κ2) is 7.94. The van der Waals surface area contributed by atoms with Crippen molar-refractivity contribution in [2.45, 2.75) is 13.5 Å². The first kappa shape index (κ1) is 17.2. The van der Waals surface area contributed by atoms with E-state index in [1.807, 2.05) is 25.1 Å².